The highest BCUT2D eigenvalue weighted by Crippen LogP contribution is 2.32. The Morgan fingerprint density at radius 3 is 2.55 bits per heavy atom. The van der Waals surface area contributed by atoms with Crippen molar-refractivity contribution in [2.45, 2.75) is 26.4 Å². The van der Waals surface area contributed by atoms with Crippen molar-refractivity contribution in [3.8, 4) is 0 Å². The van der Waals surface area contributed by atoms with Crippen LogP contribution in [0, 0.1) is 13.8 Å². The Morgan fingerprint density at radius 2 is 1.79 bits per heavy atom. The van der Waals surface area contributed by atoms with Crippen molar-refractivity contribution in [2.24, 2.45) is 0 Å². The molecule has 3 aromatic rings. The molecule has 1 aliphatic heterocycles. The topological polar surface area (TPSA) is 55.4 Å². The fourth-order valence-corrected chi connectivity index (χ4v) is 3.59. The van der Waals surface area contributed by atoms with Gasteiger partial charge in [-0.25, -0.2) is 4.79 Å². The number of amides is 1. The molecule has 29 heavy (non-hydrogen) atoms. The zero-order chi connectivity index (χ0) is 20.5. The number of nitrogens with one attached hydrogen (secondary N) is 1. The van der Waals surface area contributed by atoms with Gasteiger partial charge in [0.05, 0.1) is 5.56 Å². The Bertz CT molecular complexity index is 1110. The number of halogens is 1. The molecule has 1 N–H and O–H groups in total. The number of ether oxygens (including phenoxy) is 1. The minimum absolute atomic E-state index is 0.205. The van der Waals surface area contributed by atoms with Gasteiger partial charge in [0, 0.05) is 22.7 Å². The molecule has 3 aromatic carbocycles. The quantitative estimate of drug-likeness (QED) is 0.572. The molecule has 0 unspecified atom stereocenters. The summed E-state index contributed by atoms with van der Waals surface area (Å²) < 4.78 is 5.58. The zero-order valence-electron chi connectivity index (χ0n) is 16.2. The fraction of sp³-hybridized carbons (Fsp3) is 0.167. The van der Waals surface area contributed by atoms with E-state index in [1.54, 1.807) is 30.3 Å². The number of benzene rings is 3. The summed E-state index contributed by atoms with van der Waals surface area (Å²) in [6.45, 7) is 3.94. The maximum Gasteiger partial charge on any atom is 0.339 e. The molecule has 0 fully saturated rings. The number of fused-ring (bicyclic) bond motifs is 1. The molecular formula is C24H20ClNO3. The second kappa shape index (κ2) is 7.72. The fourth-order valence-electron chi connectivity index (χ4n) is 3.47. The molecule has 0 aliphatic carbocycles. The lowest BCUT2D eigenvalue weighted by atomic mass is 9.93. The van der Waals surface area contributed by atoms with E-state index in [-0.39, 0.29) is 11.9 Å². The van der Waals surface area contributed by atoms with E-state index < -0.39 is 6.10 Å². The maximum atomic E-state index is 12.8. The third kappa shape index (κ3) is 4.03. The smallest absolute Gasteiger partial charge is 0.339 e. The van der Waals surface area contributed by atoms with Crippen molar-refractivity contribution >= 4 is 29.2 Å². The van der Waals surface area contributed by atoms with Gasteiger partial charge in [-0.05, 0) is 72.5 Å². The van der Waals surface area contributed by atoms with Crippen molar-refractivity contribution in [3.63, 3.8) is 0 Å². The predicted molar refractivity (Wildman–Crippen MR) is 114 cm³/mol. The molecule has 4 rings (SSSR count). The first-order valence-electron chi connectivity index (χ1n) is 9.38. The number of aryl methyl sites for hydroxylation is 2. The van der Waals surface area contributed by atoms with Gasteiger partial charge in [0.15, 0.2) is 0 Å². The maximum absolute atomic E-state index is 12.8. The lowest BCUT2D eigenvalue weighted by Crippen LogP contribution is -2.23. The Labute approximate surface area is 174 Å². The van der Waals surface area contributed by atoms with Crippen LogP contribution in [0.2, 0.25) is 5.02 Å². The highest BCUT2D eigenvalue weighted by atomic mass is 35.5. The molecule has 1 aliphatic rings. The second-order valence-corrected chi connectivity index (χ2v) is 7.73. The molecule has 1 atom stereocenters. The van der Waals surface area contributed by atoms with Crippen LogP contribution in [0.25, 0.3) is 0 Å². The van der Waals surface area contributed by atoms with Crippen LogP contribution < -0.4 is 5.32 Å². The highest BCUT2D eigenvalue weighted by molar-refractivity contribution is 6.30. The summed E-state index contributed by atoms with van der Waals surface area (Å²) in [6.07, 6.45) is 0.109. The van der Waals surface area contributed by atoms with Crippen LogP contribution in [0.3, 0.4) is 0 Å². The SMILES string of the molecule is Cc1ccc(C)c(NC(=O)c2ccc3c(c2)C[C@H](c2ccc(Cl)cc2)OC3=O)c1. The lowest BCUT2D eigenvalue weighted by molar-refractivity contribution is 0.0252. The molecule has 0 radical (unpaired) electrons. The summed E-state index contributed by atoms with van der Waals surface area (Å²) in [5.74, 6) is -0.587. The van der Waals surface area contributed by atoms with E-state index in [4.69, 9.17) is 16.3 Å². The van der Waals surface area contributed by atoms with Crippen LogP contribution in [0.1, 0.15) is 49.1 Å². The summed E-state index contributed by atoms with van der Waals surface area (Å²) in [4.78, 5) is 25.2. The van der Waals surface area contributed by atoms with E-state index >= 15 is 0 Å². The van der Waals surface area contributed by atoms with Crippen LogP contribution in [0.5, 0.6) is 0 Å². The summed E-state index contributed by atoms with van der Waals surface area (Å²) in [6, 6.07) is 18.3. The number of cyclic esters (lactones) is 1. The number of carbonyl (C=O) groups excluding carboxylic acids is 2. The van der Waals surface area contributed by atoms with Crippen LogP contribution in [0.15, 0.2) is 60.7 Å². The normalized spacial score (nSPS) is 15.4. The molecule has 0 saturated heterocycles. The number of carbonyl (C=O) groups is 2. The predicted octanol–water partition coefficient (Wildman–Crippen LogP) is 5.66. The third-order valence-corrected chi connectivity index (χ3v) is 5.38. The van der Waals surface area contributed by atoms with E-state index in [0.717, 1.165) is 27.9 Å². The van der Waals surface area contributed by atoms with Gasteiger partial charge in [-0.1, -0.05) is 35.9 Å². The van der Waals surface area contributed by atoms with Crippen molar-refractivity contribution in [3.05, 3.63) is 99.1 Å². The number of esters is 1. The Morgan fingerprint density at radius 1 is 1.03 bits per heavy atom. The first kappa shape index (κ1) is 19.2. The largest absolute Gasteiger partial charge is 0.454 e. The van der Waals surface area contributed by atoms with Crippen LogP contribution in [-0.4, -0.2) is 11.9 Å². The van der Waals surface area contributed by atoms with Crippen molar-refractivity contribution in [2.75, 3.05) is 5.32 Å². The summed E-state index contributed by atoms with van der Waals surface area (Å²) in [5.41, 5.74) is 5.53. The van der Waals surface area contributed by atoms with Gasteiger partial charge in [-0.2, -0.15) is 0 Å². The molecule has 1 amide bonds. The number of hydrogen-bond donors (Lipinski definition) is 1. The van der Waals surface area contributed by atoms with Crippen LogP contribution in [0.4, 0.5) is 5.69 Å². The monoisotopic (exact) mass is 405 g/mol. The Kier molecular flexibility index (Phi) is 5.12. The van der Waals surface area contributed by atoms with Gasteiger partial charge in [0.1, 0.15) is 6.10 Å². The molecule has 0 saturated carbocycles. The molecule has 146 valence electrons. The first-order chi connectivity index (χ1) is 13.9. The van der Waals surface area contributed by atoms with E-state index in [1.165, 1.54) is 0 Å². The molecule has 4 nitrogen and oxygen atoms in total. The average molecular weight is 406 g/mol. The standard InChI is InChI=1S/C24H20ClNO3/c1-14-3-4-15(2)21(11-14)26-23(27)17-7-10-20-18(12-17)13-22(29-24(20)28)16-5-8-19(25)9-6-16/h3-12,22H,13H2,1-2H3,(H,26,27)/t22-/m1/s1. The lowest BCUT2D eigenvalue weighted by Gasteiger charge is -2.25. The van der Waals surface area contributed by atoms with Gasteiger partial charge >= 0.3 is 5.97 Å². The van der Waals surface area contributed by atoms with E-state index in [1.807, 2.05) is 44.2 Å². The van der Waals surface area contributed by atoms with Gasteiger partial charge in [0.25, 0.3) is 5.91 Å². The van der Waals surface area contributed by atoms with Crippen molar-refractivity contribution < 1.29 is 14.3 Å². The molecule has 0 spiro atoms. The van der Waals surface area contributed by atoms with E-state index in [9.17, 15) is 9.59 Å². The van der Waals surface area contributed by atoms with Crippen LogP contribution >= 0.6 is 11.6 Å². The summed E-state index contributed by atoms with van der Waals surface area (Å²) in [5, 5.41) is 3.59. The van der Waals surface area contributed by atoms with Gasteiger partial charge in [-0.15, -0.1) is 0 Å². The Hall–Kier alpha value is -3.11. The van der Waals surface area contributed by atoms with E-state index in [0.29, 0.717) is 22.6 Å². The van der Waals surface area contributed by atoms with Crippen LogP contribution in [-0.2, 0) is 11.2 Å². The van der Waals surface area contributed by atoms with Crippen molar-refractivity contribution in [1.29, 1.82) is 0 Å². The number of anilines is 1. The van der Waals surface area contributed by atoms with Crippen molar-refractivity contribution in [1.82, 2.24) is 0 Å². The average Bonchev–Trinajstić information content (AvgIpc) is 2.70. The van der Waals surface area contributed by atoms with Gasteiger partial charge in [-0.3, -0.25) is 4.79 Å². The summed E-state index contributed by atoms with van der Waals surface area (Å²) >= 11 is 5.95. The molecule has 1 heterocycles. The highest BCUT2D eigenvalue weighted by Gasteiger charge is 2.28. The minimum atomic E-state index is -0.399. The van der Waals surface area contributed by atoms with Gasteiger partial charge < -0.3 is 10.1 Å². The summed E-state index contributed by atoms with van der Waals surface area (Å²) in [7, 11) is 0. The Balaban J connectivity index is 1.60. The number of rotatable bonds is 3. The second-order valence-electron chi connectivity index (χ2n) is 7.29. The molecule has 0 aromatic heterocycles. The first-order valence-corrected chi connectivity index (χ1v) is 9.76. The van der Waals surface area contributed by atoms with Gasteiger partial charge in [0.2, 0.25) is 0 Å². The molecule has 5 heteroatoms. The minimum Gasteiger partial charge on any atom is -0.454 e. The van der Waals surface area contributed by atoms with E-state index in [2.05, 4.69) is 5.32 Å². The zero-order valence-corrected chi connectivity index (χ0v) is 16.9. The molecule has 0 bridgehead atoms. The third-order valence-electron chi connectivity index (χ3n) is 5.13. The molecular weight excluding hydrogens is 386 g/mol. The number of hydrogen-bond acceptors (Lipinski definition) is 3.